The van der Waals surface area contributed by atoms with Crippen molar-refractivity contribution in [3.63, 3.8) is 0 Å². The summed E-state index contributed by atoms with van der Waals surface area (Å²) >= 11 is 21.2. The van der Waals surface area contributed by atoms with Gasteiger partial charge >= 0.3 is 0 Å². The second kappa shape index (κ2) is 8.93. The molecule has 1 saturated heterocycles. The number of rotatable bonds is 4. The number of nitrogens with zero attached hydrogens (tertiary/aromatic N) is 1. The molecule has 0 aromatic heterocycles. The molecular formula is C18H12Cl3FN2OS2. The third-order valence-corrected chi connectivity index (χ3v) is 7.93. The van der Waals surface area contributed by atoms with E-state index in [2.05, 4.69) is 5.32 Å². The minimum absolute atomic E-state index is 0.234. The molecule has 0 aliphatic carbocycles. The Morgan fingerprint density at radius 2 is 1.78 bits per heavy atom. The molecular weight excluding hydrogens is 450 g/mol. The highest BCUT2D eigenvalue weighted by Crippen LogP contribution is 2.47. The topological polar surface area (TPSA) is 52.9 Å². The molecule has 1 heterocycles. The Bertz CT molecular complexity index is 881. The number of halogens is 4. The highest BCUT2D eigenvalue weighted by molar-refractivity contribution is 8.16. The lowest BCUT2D eigenvalue weighted by Gasteiger charge is -2.33. The zero-order valence-electron chi connectivity index (χ0n) is 13.6. The van der Waals surface area contributed by atoms with Gasteiger partial charge in [0, 0.05) is 31.9 Å². The van der Waals surface area contributed by atoms with Crippen molar-refractivity contribution in [3.8, 4) is 6.07 Å². The number of amides is 1. The molecule has 3 rings (SSSR count). The van der Waals surface area contributed by atoms with Crippen LogP contribution in [0.4, 0.5) is 4.39 Å². The van der Waals surface area contributed by atoms with E-state index >= 15 is 0 Å². The molecule has 1 amide bonds. The maximum atomic E-state index is 14.0. The second-order valence-electron chi connectivity index (χ2n) is 5.65. The highest BCUT2D eigenvalue weighted by atomic mass is 35.5. The Kier molecular flexibility index (Phi) is 6.83. The van der Waals surface area contributed by atoms with Gasteiger partial charge in [0.2, 0.25) is 5.91 Å². The second-order valence-corrected chi connectivity index (χ2v) is 9.55. The Morgan fingerprint density at radius 3 is 2.41 bits per heavy atom. The van der Waals surface area contributed by atoms with Gasteiger partial charge in [0.15, 0.2) is 0 Å². The summed E-state index contributed by atoms with van der Waals surface area (Å²) in [6, 6.07) is 11.6. The van der Waals surface area contributed by atoms with Crippen molar-refractivity contribution < 1.29 is 9.18 Å². The summed E-state index contributed by atoms with van der Waals surface area (Å²) in [5.74, 6) is -1.48. The predicted octanol–water partition coefficient (Wildman–Crippen LogP) is 6.05. The zero-order valence-corrected chi connectivity index (χ0v) is 17.5. The van der Waals surface area contributed by atoms with Gasteiger partial charge in [-0.3, -0.25) is 4.79 Å². The summed E-state index contributed by atoms with van der Waals surface area (Å²) in [5.41, 5.74) is 0.935. The summed E-state index contributed by atoms with van der Waals surface area (Å²) in [6.07, 6.45) is 0. The summed E-state index contributed by atoms with van der Waals surface area (Å²) in [7, 11) is 0. The van der Waals surface area contributed by atoms with Crippen LogP contribution in [0.5, 0.6) is 0 Å². The Labute approximate surface area is 179 Å². The number of nitrogens with one attached hydrogen (secondary N) is 1. The van der Waals surface area contributed by atoms with Crippen LogP contribution in [0.25, 0.3) is 0 Å². The number of benzene rings is 2. The fourth-order valence-electron chi connectivity index (χ4n) is 2.58. The Morgan fingerprint density at radius 1 is 1.15 bits per heavy atom. The molecule has 0 bridgehead atoms. The smallest absolute Gasteiger partial charge is 0.240 e. The molecule has 1 N–H and O–H groups in total. The summed E-state index contributed by atoms with van der Waals surface area (Å²) < 4.78 is 13.6. The van der Waals surface area contributed by atoms with Crippen LogP contribution < -0.4 is 5.32 Å². The van der Waals surface area contributed by atoms with E-state index in [9.17, 15) is 14.4 Å². The van der Waals surface area contributed by atoms with Gasteiger partial charge in [-0.1, -0.05) is 46.9 Å². The minimum atomic E-state index is -0.886. The van der Waals surface area contributed by atoms with E-state index in [1.807, 2.05) is 6.07 Å². The van der Waals surface area contributed by atoms with Crippen molar-refractivity contribution in [1.82, 2.24) is 5.32 Å². The number of hydrogen-bond acceptors (Lipinski definition) is 4. The predicted molar refractivity (Wildman–Crippen MR) is 111 cm³/mol. The fraction of sp³-hybridized carbons (Fsp3) is 0.222. The van der Waals surface area contributed by atoms with Gasteiger partial charge in [-0.05, 0) is 24.3 Å². The molecule has 3 atom stereocenters. The average Bonchev–Trinajstić information content (AvgIpc) is 2.61. The monoisotopic (exact) mass is 460 g/mol. The molecule has 140 valence electrons. The lowest BCUT2D eigenvalue weighted by atomic mass is 10.1. The van der Waals surface area contributed by atoms with Crippen molar-refractivity contribution in [1.29, 1.82) is 5.26 Å². The molecule has 0 saturated carbocycles. The molecule has 3 nitrogen and oxygen atoms in total. The highest BCUT2D eigenvalue weighted by Gasteiger charge is 2.39. The largest absolute Gasteiger partial charge is 0.339 e. The van der Waals surface area contributed by atoms with E-state index in [-0.39, 0.29) is 5.75 Å². The fourth-order valence-corrected chi connectivity index (χ4v) is 6.67. The van der Waals surface area contributed by atoms with Gasteiger partial charge in [0.05, 0.1) is 10.7 Å². The van der Waals surface area contributed by atoms with Crippen LogP contribution in [0.2, 0.25) is 15.1 Å². The lowest BCUT2D eigenvalue weighted by molar-refractivity contribution is -0.123. The molecule has 0 spiro atoms. The van der Waals surface area contributed by atoms with Gasteiger partial charge in [0.1, 0.15) is 17.1 Å². The van der Waals surface area contributed by atoms with Crippen molar-refractivity contribution in [3.05, 3.63) is 68.4 Å². The molecule has 1 aliphatic heterocycles. The molecule has 9 heteroatoms. The van der Waals surface area contributed by atoms with Gasteiger partial charge in [0.25, 0.3) is 0 Å². The standard InChI is InChI=1S/C18H12Cl3FN2OS2/c19-11-3-2-6-14(22)10(11)8-26-18-9(7-23)16(25)24-17(27-18)15-12(20)4-1-5-13(15)21/h1-6,9,17-18H,8H2,(H,24,25). The van der Waals surface area contributed by atoms with Gasteiger partial charge in [-0.2, -0.15) is 5.26 Å². The van der Waals surface area contributed by atoms with E-state index in [1.54, 1.807) is 24.3 Å². The Hall–Kier alpha value is -1.10. The van der Waals surface area contributed by atoms with Crippen molar-refractivity contribution in [2.24, 2.45) is 5.92 Å². The lowest BCUT2D eigenvalue weighted by Crippen LogP contribution is -2.42. The van der Waals surface area contributed by atoms with Gasteiger partial charge in [-0.15, -0.1) is 23.5 Å². The summed E-state index contributed by atoms with van der Waals surface area (Å²) in [6.45, 7) is 0. The van der Waals surface area contributed by atoms with Crippen LogP contribution >= 0.6 is 58.3 Å². The molecule has 1 aliphatic rings. The summed E-state index contributed by atoms with van der Waals surface area (Å²) in [5, 5.41) is 12.9. The number of nitriles is 1. The first kappa shape index (κ1) is 20.6. The number of carbonyl (C=O) groups excluding carboxylic acids is 1. The van der Waals surface area contributed by atoms with E-state index < -0.39 is 27.6 Å². The maximum Gasteiger partial charge on any atom is 0.240 e. The van der Waals surface area contributed by atoms with Crippen LogP contribution in [0, 0.1) is 23.1 Å². The molecule has 27 heavy (non-hydrogen) atoms. The van der Waals surface area contributed by atoms with Gasteiger partial charge in [-0.25, -0.2) is 4.39 Å². The first-order chi connectivity index (χ1) is 12.9. The Balaban J connectivity index is 1.84. The number of carbonyl (C=O) groups is 1. The van der Waals surface area contributed by atoms with Crippen LogP contribution in [-0.4, -0.2) is 10.5 Å². The summed E-state index contributed by atoms with van der Waals surface area (Å²) in [4.78, 5) is 12.4. The van der Waals surface area contributed by atoms with Crippen molar-refractivity contribution in [2.45, 2.75) is 15.7 Å². The quantitative estimate of drug-likeness (QED) is 0.602. The molecule has 0 radical (unpaired) electrons. The molecule has 3 unspecified atom stereocenters. The average molecular weight is 462 g/mol. The number of thioether (sulfide) groups is 2. The third kappa shape index (κ3) is 4.49. The number of hydrogen-bond donors (Lipinski definition) is 1. The molecule has 1 fully saturated rings. The first-order valence-electron chi connectivity index (χ1n) is 7.76. The third-order valence-electron chi connectivity index (χ3n) is 3.95. The molecule has 2 aromatic carbocycles. The van der Waals surface area contributed by atoms with Crippen LogP contribution in [0.3, 0.4) is 0 Å². The van der Waals surface area contributed by atoms with Crippen LogP contribution in [-0.2, 0) is 10.5 Å². The SMILES string of the molecule is N#CC1C(=O)NC(c2c(Cl)cccc2Cl)SC1SCc1c(F)cccc1Cl. The van der Waals surface area contributed by atoms with Crippen molar-refractivity contribution in [2.75, 3.05) is 0 Å². The van der Waals surface area contributed by atoms with Crippen LogP contribution in [0.15, 0.2) is 36.4 Å². The minimum Gasteiger partial charge on any atom is -0.339 e. The van der Waals surface area contributed by atoms with Crippen LogP contribution in [0.1, 0.15) is 16.5 Å². The van der Waals surface area contributed by atoms with Crippen molar-refractivity contribution >= 4 is 64.2 Å². The van der Waals surface area contributed by atoms with Gasteiger partial charge < -0.3 is 5.32 Å². The zero-order chi connectivity index (χ0) is 19.6. The van der Waals surface area contributed by atoms with E-state index in [1.165, 1.54) is 35.7 Å². The van der Waals surface area contributed by atoms with E-state index in [0.717, 1.165) is 0 Å². The normalized spacial score (nSPS) is 22.2. The maximum absolute atomic E-state index is 14.0. The first-order valence-corrected chi connectivity index (χ1v) is 10.9. The van der Waals surface area contributed by atoms with E-state index in [4.69, 9.17) is 34.8 Å². The van der Waals surface area contributed by atoms with E-state index in [0.29, 0.717) is 26.2 Å². The molecule has 2 aromatic rings.